The number of thiophene rings is 1. The van der Waals surface area contributed by atoms with Gasteiger partial charge in [-0.25, -0.2) is 0 Å². The molecule has 0 saturated carbocycles. The van der Waals surface area contributed by atoms with E-state index >= 15 is 0 Å². The third-order valence-electron chi connectivity index (χ3n) is 2.84. The fraction of sp³-hybridized carbons (Fsp3) is 0.214. The van der Waals surface area contributed by atoms with Gasteiger partial charge < -0.3 is 5.11 Å². The largest absolute Gasteiger partial charge is 0.481 e. The SMILES string of the molecule is O=C(O)C(Cc1cc(Br)cs1)Cc1ccccc1Br. The van der Waals surface area contributed by atoms with E-state index in [1.54, 1.807) is 11.3 Å². The minimum atomic E-state index is -0.750. The van der Waals surface area contributed by atoms with E-state index in [0.717, 1.165) is 19.4 Å². The molecule has 5 heteroatoms. The third kappa shape index (κ3) is 4.16. The van der Waals surface area contributed by atoms with Crippen LogP contribution in [0.2, 0.25) is 0 Å². The van der Waals surface area contributed by atoms with Crippen molar-refractivity contribution >= 4 is 49.2 Å². The first kappa shape index (κ1) is 14.8. The molecule has 0 fully saturated rings. The molecule has 2 aromatic rings. The third-order valence-corrected chi connectivity index (χ3v) is 5.34. The second kappa shape index (κ2) is 6.68. The number of hydrogen-bond donors (Lipinski definition) is 1. The predicted molar refractivity (Wildman–Crippen MR) is 84.7 cm³/mol. The molecule has 1 aromatic heterocycles. The van der Waals surface area contributed by atoms with Crippen LogP contribution in [0, 0.1) is 5.92 Å². The minimum absolute atomic E-state index is 0.399. The van der Waals surface area contributed by atoms with Crippen molar-refractivity contribution in [3.05, 3.63) is 55.1 Å². The lowest BCUT2D eigenvalue weighted by Crippen LogP contribution is -2.18. The van der Waals surface area contributed by atoms with Crippen molar-refractivity contribution in [3.63, 3.8) is 0 Å². The summed E-state index contributed by atoms with van der Waals surface area (Å²) in [4.78, 5) is 12.5. The van der Waals surface area contributed by atoms with Gasteiger partial charge in [-0.1, -0.05) is 34.1 Å². The maximum absolute atomic E-state index is 11.4. The van der Waals surface area contributed by atoms with Gasteiger partial charge in [-0.05, 0) is 46.5 Å². The average Bonchev–Trinajstić information content (AvgIpc) is 2.76. The summed E-state index contributed by atoms with van der Waals surface area (Å²) in [6, 6.07) is 9.75. The van der Waals surface area contributed by atoms with Crippen LogP contribution in [0.3, 0.4) is 0 Å². The molecular formula is C14H12Br2O2S. The van der Waals surface area contributed by atoms with Crippen molar-refractivity contribution in [1.82, 2.24) is 0 Å². The Morgan fingerprint density at radius 3 is 2.58 bits per heavy atom. The quantitative estimate of drug-likeness (QED) is 0.781. The first-order valence-corrected chi connectivity index (χ1v) is 8.22. The molecule has 1 N–H and O–H groups in total. The molecule has 1 heterocycles. The molecule has 0 aliphatic rings. The van der Waals surface area contributed by atoms with Crippen LogP contribution < -0.4 is 0 Å². The molecule has 0 aliphatic heterocycles. The number of hydrogen-bond acceptors (Lipinski definition) is 2. The Balaban J connectivity index is 2.13. The van der Waals surface area contributed by atoms with Crippen LogP contribution in [0.25, 0.3) is 0 Å². The molecule has 1 atom stereocenters. The van der Waals surface area contributed by atoms with Crippen LogP contribution in [0.1, 0.15) is 10.4 Å². The zero-order valence-corrected chi connectivity index (χ0v) is 14.0. The number of rotatable bonds is 5. The van der Waals surface area contributed by atoms with Gasteiger partial charge in [0.05, 0.1) is 5.92 Å². The van der Waals surface area contributed by atoms with Crippen molar-refractivity contribution in [3.8, 4) is 0 Å². The molecule has 0 bridgehead atoms. The Bertz CT molecular complexity index is 580. The molecule has 19 heavy (non-hydrogen) atoms. The van der Waals surface area contributed by atoms with E-state index in [0.29, 0.717) is 12.8 Å². The molecule has 2 rings (SSSR count). The Labute approximate surface area is 132 Å². The summed E-state index contributed by atoms with van der Waals surface area (Å²) in [7, 11) is 0. The Morgan fingerprint density at radius 2 is 2.00 bits per heavy atom. The van der Waals surface area contributed by atoms with Gasteiger partial charge in [-0.2, -0.15) is 0 Å². The topological polar surface area (TPSA) is 37.3 Å². The van der Waals surface area contributed by atoms with E-state index in [9.17, 15) is 9.90 Å². The summed E-state index contributed by atoms with van der Waals surface area (Å²) in [6.07, 6.45) is 1.10. The van der Waals surface area contributed by atoms with Crippen molar-refractivity contribution in [2.75, 3.05) is 0 Å². The number of aliphatic carboxylic acids is 1. The number of halogens is 2. The van der Waals surface area contributed by atoms with Crippen LogP contribution >= 0.6 is 43.2 Å². The zero-order chi connectivity index (χ0) is 13.8. The summed E-state index contributed by atoms with van der Waals surface area (Å²) in [5, 5.41) is 11.4. The van der Waals surface area contributed by atoms with Gasteiger partial charge in [0.1, 0.15) is 0 Å². The summed E-state index contributed by atoms with van der Waals surface area (Å²) in [6.45, 7) is 0. The number of carboxylic acids is 1. The van der Waals surface area contributed by atoms with Gasteiger partial charge in [0, 0.05) is 19.2 Å². The second-order valence-corrected chi connectivity index (χ2v) is 7.03. The molecule has 2 nitrogen and oxygen atoms in total. The highest BCUT2D eigenvalue weighted by molar-refractivity contribution is 9.10. The fourth-order valence-electron chi connectivity index (χ4n) is 1.88. The lowest BCUT2D eigenvalue weighted by atomic mass is 9.96. The van der Waals surface area contributed by atoms with Crippen LogP contribution in [0.4, 0.5) is 0 Å². The van der Waals surface area contributed by atoms with E-state index in [4.69, 9.17) is 0 Å². The van der Waals surface area contributed by atoms with Crippen molar-refractivity contribution < 1.29 is 9.90 Å². The van der Waals surface area contributed by atoms with Gasteiger partial charge in [0.15, 0.2) is 0 Å². The zero-order valence-electron chi connectivity index (χ0n) is 9.98. The monoisotopic (exact) mass is 402 g/mol. The molecule has 0 aliphatic carbocycles. The standard InChI is InChI=1S/C14H12Br2O2S/c15-11-7-12(19-8-11)6-10(14(17)18)5-9-3-1-2-4-13(9)16/h1-4,7-8,10H,5-6H2,(H,17,18). The number of benzene rings is 1. The summed E-state index contributed by atoms with van der Waals surface area (Å²) in [5.41, 5.74) is 1.03. The van der Waals surface area contributed by atoms with Gasteiger partial charge in [0.25, 0.3) is 0 Å². The van der Waals surface area contributed by atoms with Crippen LogP contribution in [0.5, 0.6) is 0 Å². The molecular weight excluding hydrogens is 392 g/mol. The minimum Gasteiger partial charge on any atom is -0.481 e. The van der Waals surface area contributed by atoms with Gasteiger partial charge in [-0.3, -0.25) is 4.79 Å². The highest BCUT2D eigenvalue weighted by Crippen LogP contribution is 2.26. The van der Waals surface area contributed by atoms with E-state index in [1.165, 1.54) is 0 Å². The first-order chi connectivity index (χ1) is 9.06. The van der Waals surface area contributed by atoms with E-state index in [-0.39, 0.29) is 0 Å². The molecule has 0 amide bonds. The highest BCUT2D eigenvalue weighted by Gasteiger charge is 2.20. The predicted octanol–water partition coefficient (Wildman–Crippen LogP) is 4.76. The Morgan fingerprint density at radius 1 is 1.26 bits per heavy atom. The molecule has 0 saturated heterocycles. The van der Waals surface area contributed by atoms with E-state index in [2.05, 4.69) is 31.9 Å². The summed E-state index contributed by atoms with van der Waals surface area (Å²) >= 11 is 8.45. The smallest absolute Gasteiger partial charge is 0.307 e. The van der Waals surface area contributed by atoms with Crippen molar-refractivity contribution in [2.24, 2.45) is 5.92 Å². The maximum atomic E-state index is 11.4. The van der Waals surface area contributed by atoms with Crippen LogP contribution in [0.15, 0.2) is 44.7 Å². The Kier molecular flexibility index (Phi) is 5.19. The van der Waals surface area contributed by atoms with E-state index in [1.807, 2.05) is 35.7 Å². The molecule has 1 aromatic carbocycles. The van der Waals surface area contributed by atoms with E-state index < -0.39 is 11.9 Å². The molecule has 0 spiro atoms. The molecule has 0 radical (unpaired) electrons. The fourth-order valence-corrected chi connectivity index (χ4v) is 3.86. The summed E-state index contributed by atoms with van der Waals surface area (Å²) < 4.78 is 1.98. The normalized spacial score (nSPS) is 12.3. The lowest BCUT2D eigenvalue weighted by molar-refractivity contribution is -0.141. The maximum Gasteiger partial charge on any atom is 0.307 e. The van der Waals surface area contributed by atoms with Crippen molar-refractivity contribution in [2.45, 2.75) is 12.8 Å². The molecule has 1 unspecified atom stereocenters. The van der Waals surface area contributed by atoms with Gasteiger partial charge in [0.2, 0.25) is 0 Å². The number of carbonyl (C=O) groups is 1. The van der Waals surface area contributed by atoms with Gasteiger partial charge >= 0.3 is 5.97 Å². The first-order valence-electron chi connectivity index (χ1n) is 5.75. The second-order valence-electron chi connectivity index (χ2n) is 4.27. The van der Waals surface area contributed by atoms with Crippen LogP contribution in [-0.2, 0) is 17.6 Å². The van der Waals surface area contributed by atoms with Crippen LogP contribution in [-0.4, -0.2) is 11.1 Å². The van der Waals surface area contributed by atoms with Gasteiger partial charge in [-0.15, -0.1) is 11.3 Å². The molecule has 100 valence electrons. The van der Waals surface area contributed by atoms with Crippen molar-refractivity contribution in [1.29, 1.82) is 0 Å². The lowest BCUT2D eigenvalue weighted by Gasteiger charge is -2.12. The summed E-state index contributed by atoms with van der Waals surface area (Å²) in [5.74, 6) is -1.15. The number of carboxylic acid groups (broad SMARTS) is 1. The highest BCUT2D eigenvalue weighted by atomic mass is 79.9. The Hall–Kier alpha value is -0.650. The average molecular weight is 404 g/mol.